The molecule has 1 aromatic heterocycles. The van der Waals surface area contributed by atoms with Crippen molar-refractivity contribution < 1.29 is 9.13 Å². The van der Waals surface area contributed by atoms with Gasteiger partial charge in [0, 0.05) is 35.8 Å². The maximum Gasteiger partial charge on any atom is 0.165 e. The highest BCUT2D eigenvalue weighted by Crippen LogP contribution is 2.37. The third-order valence-electron chi connectivity index (χ3n) is 4.72. The number of thiophene rings is 1. The van der Waals surface area contributed by atoms with Gasteiger partial charge in [0.05, 0.1) is 13.2 Å². The number of fused-ring (bicyclic) bond motifs is 1. The second kappa shape index (κ2) is 7.12. The maximum atomic E-state index is 14.3. The van der Waals surface area contributed by atoms with Gasteiger partial charge >= 0.3 is 0 Å². The van der Waals surface area contributed by atoms with E-state index in [1.165, 1.54) is 22.1 Å². The van der Waals surface area contributed by atoms with Crippen molar-refractivity contribution in [3.8, 4) is 5.75 Å². The van der Waals surface area contributed by atoms with Crippen molar-refractivity contribution in [3.05, 3.63) is 64.8 Å². The predicted octanol–water partition coefficient (Wildman–Crippen LogP) is 4.04. The van der Waals surface area contributed by atoms with Crippen LogP contribution in [0, 0.1) is 5.82 Å². The number of methoxy groups -OCH3 is 1. The van der Waals surface area contributed by atoms with Crippen LogP contribution in [0.25, 0.3) is 10.1 Å². The first-order chi connectivity index (χ1) is 12.3. The maximum absolute atomic E-state index is 14.3. The number of ether oxygens (including phenoxy) is 1. The van der Waals surface area contributed by atoms with Crippen molar-refractivity contribution in [2.75, 3.05) is 33.3 Å². The monoisotopic (exact) mass is 356 g/mol. The van der Waals surface area contributed by atoms with Crippen LogP contribution in [-0.2, 0) is 0 Å². The minimum Gasteiger partial charge on any atom is -0.494 e. The second-order valence-corrected chi connectivity index (χ2v) is 7.38. The molecule has 2 aromatic carbocycles. The van der Waals surface area contributed by atoms with Crippen molar-refractivity contribution in [2.45, 2.75) is 6.04 Å². The molecule has 1 unspecified atom stereocenters. The van der Waals surface area contributed by atoms with Crippen molar-refractivity contribution in [2.24, 2.45) is 0 Å². The van der Waals surface area contributed by atoms with Crippen LogP contribution in [0.1, 0.15) is 16.5 Å². The summed E-state index contributed by atoms with van der Waals surface area (Å²) < 4.78 is 20.7. The Hall–Kier alpha value is -1.95. The Balaban J connectivity index is 1.79. The standard InChI is InChI=1S/C20H21FN2OS/c1-24-17-7-6-15(12-16(17)21)20(23-10-8-22-9-11-23)19-13-14-4-2-3-5-18(14)25-19/h2-7,12-13,20,22H,8-11H2,1H3. The summed E-state index contributed by atoms with van der Waals surface area (Å²) in [5, 5.41) is 4.64. The van der Waals surface area contributed by atoms with Crippen LogP contribution in [0.5, 0.6) is 5.75 Å². The Kier molecular flexibility index (Phi) is 4.70. The van der Waals surface area contributed by atoms with Gasteiger partial charge in [-0.25, -0.2) is 4.39 Å². The molecule has 3 nitrogen and oxygen atoms in total. The Morgan fingerprint density at radius 1 is 1.12 bits per heavy atom. The molecule has 3 aromatic rings. The van der Waals surface area contributed by atoms with E-state index in [4.69, 9.17) is 4.74 Å². The molecule has 5 heteroatoms. The van der Waals surface area contributed by atoms with E-state index in [9.17, 15) is 4.39 Å². The lowest BCUT2D eigenvalue weighted by atomic mass is 10.0. The zero-order valence-corrected chi connectivity index (χ0v) is 15.0. The van der Waals surface area contributed by atoms with E-state index in [2.05, 4.69) is 40.5 Å². The normalized spacial score (nSPS) is 16.9. The topological polar surface area (TPSA) is 24.5 Å². The highest BCUT2D eigenvalue weighted by atomic mass is 32.1. The molecule has 1 saturated heterocycles. The molecule has 0 spiro atoms. The molecule has 1 aliphatic rings. The van der Waals surface area contributed by atoms with Crippen molar-refractivity contribution in [1.29, 1.82) is 0 Å². The summed E-state index contributed by atoms with van der Waals surface area (Å²) in [5.41, 5.74) is 0.978. The van der Waals surface area contributed by atoms with Crippen LogP contribution in [0.4, 0.5) is 4.39 Å². The van der Waals surface area contributed by atoms with E-state index in [1.807, 2.05) is 6.07 Å². The fourth-order valence-corrected chi connectivity index (χ4v) is 4.71. The van der Waals surface area contributed by atoms with Crippen LogP contribution in [-0.4, -0.2) is 38.2 Å². The van der Waals surface area contributed by atoms with Gasteiger partial charge < -0.3 is 10.1 Å². The molecule has 1 atom stereocenters. The second-order valence-electron chi connectivity index (χ2n) is 6.27. The molecule has 0 saturated carbocycles. The number of hydrogen-bond donors (Lipinski definition) is 1. The van der Waals surface area contributed by atoms with E-state index >= 15 is 0 Å². The molecule has 2 heterocycles. The number of rotatable bonds is 4. The van der Waals surface area contributed by atoms with Gasteiger partial charge in [-0.1, -0.05) is 24.3 Å². The van der Waals surface area contributed by atoms with Crippen LogP contribution < -0.4 is 10.1 Å². The average Bonchev–Trinajstić information content (AvgIpc) is 3.06. The van der Waals surface area contributed by atoms with Gasteiger partial charge in [-0.05, 0) is 35.2 Å². The van der Waals surface area contributed by atoms with E-state index in [1.54, 1.807) is 23.5 Å². The summed E-state index contributed by atoms with van der Waals surface area (Å²) in [6, 6.07) is 16.1. The highest BCUT2D eigenvalue weighted by molar-refractivity contribution is 7.19. The summed E-state index contributed by atoms with van der Waals surface area (Å²) in [7, 11) is 1.50. The SMILES string of the molecule is COc1ccc(C(c2cc3ccccc3s2)N2CCNCC2)cc1F. The lowest BCUT2D eigenvalue weighted by Crippen LogP contribution is -2.45. The van der Waals surface area contributed by atoms with Gasteiger partial charge in [0.25, 0.3) is 0 Å². The van der Waals surface area contributed by atoms with Gasteiger partial charge in [0.15, 0.2) is 11.6 Å². The third-order valence-corrected chi connectivity index (χ3v) is 5.89. The first kappa shape index (κ1) is 16.5. The van der Waals surface area contributed by atoms with E-state index in [-0.39, 0.29) is 11.9 Å². The molecule has 0 amide bonds. The molecule has 1 aliphatic heterocycles. The van der Waals surface area contributed by atoms with Gasteiger partial charge in [-0.15, -0.1) is 11.3 Å². The molecule has 0 bridgehead atoms. The third kappa shape index (κ3) is 3.27. The lowest BCUT2D eigenvalue weighted by molar-refractivity contribution is 0.200. The Bertz CT molecular complexity index is 840. The van der Waals surface area contributed by atoms with Gasteiger partial charge in [-0.2, -0.15) is 0 Å². The zero-order valence-electron chi connectivity index (χ0n) is 14.2. The number of halogens is 1. The summed E-state index contributed by atoms with van der Waals surface area (Å²) in [4.78, 5) is 3.69. The molecular weight excluding hydrogens is 335 g/mol. The first-order valence-electron chi connectivity index (χ1n) is 8.53. The van der Waals surface area contributed by atoms with Crippen molar-refractivity contribution in [3.63, 3.8) is 0 Å². The largest absolute Gasteiger partial charge is 0.494 e. The Labute approximate surface area is 151 Å². The molecule has 25 heavy (non-hydrogen) atoms. The first-order valence-corrected chi connectivity index (χ1v) is 9.34. The number of piperazine rings is 1. The van der Waals surface area contributed by atoms with Gasteiger partial charge in [0.1, 0.15) is 0 Å². The number of hydrogen-bond acceptors (Lipinski definition) is 4. The van der Waals surface area contributed by atoms with Crippen LogP contribution in [0.3, 0.4) is 0 Å². The van der Waals surface area contributed by atoms with Gasteiger partial charge in [-0.3, -0.25) is 4.90 Å². The Morgan fingerprint density at radius 3 is 2.64 bits per heavy atom. The number of nitrogens with zero attached hydrogens (tertiary/aromatic N) is 1. The molecule has 1 N–H and O–H groups in total. The molecular formula is C20H21FN2OS. The van der Waals surface area contributed by atoms with Crippen molar-refractivity contribution >= 4 is 21.4 Å². The van der Waals surface area contributed by atoms with Crippen molar-refractivity contribution in [1.82, 2.24) is 10.2 Å². The zero-order chi connectivity index (χ0) is 17.2. The molecule has 0 aliphatic carbocycles. The van der Waals surface area contributed by atoms with Crippen LogP contribution >= 0.6 is 11.3 Å². The number of benzene rings is 2. The quantitative estimate of drug-likeness (QED) is 0.763. The van der Waals surface area contributed by atoms with Crippen LogP contribution in [0.2, 0.25) is 0 Å². The smallest absolute Gasteiger partial charge is 0.165 e. The Morgan fingerprint density at radius 2 is 1.92 bits per heavy atom. The highest BCUT2D eigenvalue weighted by Gasteiger charge is 2.26. The van der Waals surface area contributed by atoms with E-state index < -0.39 is 0 Å². The molecule has 1 fully saturated rings. The minimum atomic E-state index is -0.304. The average molecular weight is 356 g/mol. The van der Waals surface area contributed by atoms with Crippen LogP contribution in [0.15, 0.2) is 48.5 Å². The molecule has 4 rings (SSSR count). The lowest BCUT2D eigenvalue weighted by Gasteiger charge is -2.34. The molecule has 130 valence electrons. The molecule has 0 radical (unpaired) electrons. The fourth-order valence-electron chi connectivity index (χ4n) is 3.49. The summed E-state index contributed by atoms with van der Waals surface area (Å²) in [5.74, 6) is -0.0135. The summed E-state index contributed by atoms with van der Waals surface area (Å²) >= 11 is 1.79. The minimum absolute atomic E-state index is 0.0694. The van der Waals surface area contributed by atoms with E-state index in [0.29, 0.717) is 5.75 Å². The summed E-state index contributed by atoms with van der Waals surface area (Å²) in [6.07, 6.45) is 0. The summed E-state index contributed by atoms with van der Waals surface area (Å²) in [6.45, 7) is 3.82. The van der Waals surface area contributed by atoms with Gasteiger partial charge in [0.2, 0.25) is 0 Å². The number of nitrogens with one attached hydrogen (secondary N) is 1. The van der Waals surface area contributed by atoms with E-state index in [0.717, 1.165) is 31.7 Å². The predicted molar refractivity (Wildman–Crippen MR) is 101 cm³/mol. The fraction of sp³-hybridized carbons (Fsp3) is 0.300.